The summed E-state index contributed by atoms with van der Waals surface area (Å²) in [5.74, 6) is 0.817. The lowest BCUT2D eigenvalue weighted by Crippen LogP contribution is -2.41. The molecule has 2 aromatic rings. The zero-order chi connectivity index (χ0) is 17.4. The number of aliphatic imine (C=N–C) groups is 1. The van der Waals surface area contributed by atoms with E-state index in [1.807, 2.05) is 18.2 Å². The predicted molar refractivity (Wildman–Crippen MR) is 102 cm³/mol. The summed E-state index contributed by atoms with van der Waals surface area (Å²) in [6, 6.07) is 19.3. The Hall–Kier alpha value is -2.33. The number of guanidine groups is 1. The van der Waals surface area contributed by atoms with E-state index in [1.165, 1.54) is 16.7 Å². The van der Waals surface area contributed by atoms with Gasteiger partial charge in [0, 0.05) is 20.1 Å². The van der Waals surface area contributed by atoms with Gasteiger partial charge in [-0.1, -0.05) is 60.2 Å². The Morgan fingerprint density at radius 2 is 1.67 bits per heavy atom. The minimum atomic E-state index is 0.292. The van der Waals surface area contributed by atoms with Crippen LogP contribution in [0.5, 0.6) is 0 Å². The van der Waals surface area contributed by atoms with Crippen LogP contribution in [-0.2, 0) is 6.54 Å². The monoisotopic (exact) mass is 324 g/mol. The van der Waals surface area contributed by atoms with E-state index in [9.17, 15) is 0 Å². The maximum Gasteiger partial charge on any atom is 0.191 e. The van der Waals surface area contributed by atoms with Crippen LogP contribution in [0, 0.1) is 6.92 Å². The van der Waals surface area contributed by atoms with Crippen molar-refractivity contribution < 1.29 is 0 Å². The van der Waals surface area contributed by atoms with E-state index in [1.54, 1.807) is 7.05 Å². The molecule has 4 heteroatoms. The zero-order valence-electron chi connectivity index (χ0n) is 15.1. The molecule has 0 aliphatic carbocycles. The molecule has 2 aromatic carbocycles. The first-order chi connectivity index (χ1) is 11.6. The summed E-state index contributed by atoms with van der Waals surface area (Å²) in [6.45, 7) is 3.67. The SMILES string of the molecule is CN=C(NCc1ccccc1)NCC(c1ccc(C)cc1)N(C)C. The van der Waals surface area contributed by atoms with Crippen molar-refractivity contribution in [3.63, 3.8) is 0 Å². The van der Waals surface area contributed by atoms with Crippen molar-refractivity contribution in [3.8, 4) is 0 Å². The highest BCUT2D eigenvalue weighted by atomic mass is 15.2. The summed E-state index contributed by atoms with van der Waals surface area (Å²) in [5, 5.41) is 6.79. The van der Waals surface area contributed by atoms with Gasteiger partial charge in [0.25, 0.3) is 0 Å². The summed E-state index contributed by atoms with van der Waals surface area (Å²) in [6.07, 6.45) is 0. The second-order valence-electron chi connectivity index (χ2n) is 6.18. The molecular formula is C20H28N4. The topological polar surface area (TPSA) is 39.7 Å². The summed E-state index contributed by atoms with van der Waals surface area (Å²) in [5.41, 5.74) is 3.82. The lowest BCUT2D eigenvalue weighted by atomic mass is 10.0. The number of rotatable bonds is 6. The van der Waals surface area contributed by atoms with E-state index < -0.39 is 0 Å². The van der Waals surface area contributed by atoms with Gasteiger partial charge in [-0.2, -0.15) is 0 Å². The molecule has 4 nitrogen and oxygen atoms in total. The normalized spacial score (nSPS) is 13.0. The van der Waals surface area contributed by atoms with Gasteiger partial charge < -0.3 is 15.5 Å². The van der Waals surface area contributed by atoms with Gasteiger partial charge in [0.1, 0.15) is 0 Å². The summed E-state index contributed by atoms with van der Waals surface area (Å²) in [4.78, 5) is 6.54. The third-order valence-electron chi connectivity index (χ3n) is 4.07. The molecule has 0 saturated heterocycles. The minimum Gasteiger partial charge on any atom is -0.354 e. The molecule has 0 amide bonds. The summed E-state index contributed by atoms with van der Waals surface area (Å²) in [7, 11) is 6.01. The number of nitrogens with zero attached hydrogens (tertiary/aromatic N) is 2. The van der Waals surface area contributed by atoms with E-state index in [0.717, 1.165) is 19.0 Å². The maximum atomic E-state index is 4.32. The number of hydrogen-bond donors (Lipinski definition) is 2. The van der Waals surface area contributed by atoms with E-state index in [0.29, 0.717) is 6.04 Å². The van der Waals surface area contributed by atoms with Crippen LogP contribution in [0.4, 0.5) is 0 Å². The molecule has 0 spiro atoms. The maximum absolute atomic E-state index is 4.32. The highest BCUT2D eigenvalue weighted by Gasteiger charge is 2.14. The standard InChI is InChI=1S/C20H28N4/c1-16-10-12-18(13-11-16)19(24(3)4)15-23-20(21-2)22-14-17-8-6-5-7-9-17/h5-13,19H,14-15H2,1-4H3,(H2,21,22,23). The van der Waals surface area contributed by atoms with Crippen LogP contribution in [0.1, 0.15) is 22.7 Å². The predicted octanol–water partition coefficient (Wildman–Crippen LogP) is 2.96. The van der Waals surface area contributed by atoms with Crippen LogP contribution in [0.3, 0.4) is 0 Å². The van der Waals surface area contributed by atoms with Gasteiger partial charge in [-0.05, 0) is 32.1 Å². The molecular weight excluding hydrogens is 296 g/mol. The molecule has 0 bridgehead atoms. The van der Waals surface area contributed by atoms with Crippen LogP contribution >= 0.6 is 0 Å². The first-order valence-electron chi connectivity index (χ1n) is 8.31. The van der Waals surface area contributed by atoms with Crippen LogP contribution in [-0.4, -0.2) is 38.5 Å². The summed E-state index contributed by atoms with van der Waals surface area (Å²) >= 11 is 0. The molecule has 0 aliphatic heterocycles. The molecule has 1 unspecified atom stereocenters. The van der Waals surface area contributed by atoms with Crippen molar-refractivity contribution in [2.24, 2.45) is 4.99 Å². The van der Waals surface area contributed by atoms with Gasteiger partial charge in [-0.25, -0.2) is 0 Å². The molecule has 24 heavy (non-hydrogen) atoms. The molecule has 2 rings (SSSR count). The van der Waals surface area contributed by atoms with Crippen LogP contribution in [0.15, 0.2) is 59.6 Å². The first kappa shape index (κ1) is 18.0. The molecule has 0 saturated carbocycles. The number of benzene rings is 2. The van der Waals surface area contributed by atoms with Crippen molar-refractivity contribution in [2.75, 3.05) is 27.7 Å². The van der Waals surface area contributed by atoms with Crippen LogP contribution in [0.25, 0.3) is 0 Å². The van der Waals surface area contributed by atoms with Crippen molar-refractivity contribution in [1.82, 2.24) is 15.5 Å². The number of hydrogen-bond acceptors (Lipinski definition) is 2. The lowest BCUT2D eigenvalue weighted by Gasteiger charge is -2.26. The Balaban J connectivity index is 1.93. The zero-order valence-corrected chi connectivity index (χ0v) is 15.1. The average molecular weight is 324 g/mol. The third kappa shape index (κ3) is 5.39. The number of likely N-dealkylation sites (N-methyl/N-ethyl adjacent to an activating group) is 1. The van der Waals surface area contributed by atoms with Crippen LogP contribution < -0.4 is 10.6 Å². The Morgan fingerprint density at radius 1 is 1.00 bits per heavy atom. The smallest absolute Gasteiger partial charge is 0.191 e. The molecule has 2 N–H and O–H groups in total. The third-order valence-corrected chi connectivity index (χ3v) is 4.07. The largest absolute Gasteiger partial charge is 0.354 e. The Kier molecular flexibility index (Phi) is 6.82. The molecule has 0 fully saturated rings. The minimum absolute atomic E-state index is 0.292. The fourth-order valence-electron chi connectivity index (χ4n) is 2.58. The van der Waals surface area contributed by atoms with Gasteiger partial charge in [-0.3, -0.25) is 4.99 Å². The average Bonchev–Trinajstić information content (AvgIpc) is 2.60. The fourth-order valence-corrected chi connectivity index (χ4v) is 2.58. The Morgan fingerprint density at radius 3 is 2.25 bits per heavy atom. The van der Waals surface area contributed by atoms with Gasteiger partial charge in [0.15, 0.2) is 5.96 Å². The second kappa shape index (κ2) is 9.08. The van der Waals surface area contributed by atoms with Crippen molar-refractivity contribution in [3.05, 3.63) is 71.3 Å². The molecule has 0 aromatic heterocycles. The first-order valence-corrected chi connectivity index (χ1v) is 8.31. The van der Waals surface area contributed by atoms with Crippen molar-refractivity contribution in [2.45, 2.75) is 19.5 Å². The highest BCUT2D eigenvalue weighted by molar-refractivity contribution is 5.79. The second-order valence-corrected chi connectivity index (χ2v) is 6.18. The van der Waals surface area contributed by atoms with Gasteiger partial charge in [-0.15, -0.1) is 0 Å². The van der Waals surface area contributed by atoms with Gasteiger partial charge in [0.2, 0.25) is 0 Å². The Bertz CT molecular complexity index is 632. The molecule has 1 atom stereocenters. The lowest BCUT2D eigenvalue weighted by molar-refractivity contribution is 0.298. The van der Waals surface area contributed by atoms with E-state index in [-0.39, 0.29) is 0 Å². The Labute approximate surface area is 145 Å². The molecule has 0 radical (unpaired) electrons. The van der Waals surface area contributed by atoms with E-state index in [4.69, 9.17) is 0 Å². The quantitative estimate of drug-likeness (QED) is 0.634. The van der Waals surface area contributed by atoms with E-state index >= 15 is 0 Å². The van der Waals surface area contributed by atoms with Gasteiger partial charge in [0.05, 0.1) is 6.04 Å². The number of aryl methyl sites for hydroxylation is 1. The van der Waals surface area contributed by atoms with Gasteiger partial charge >= 0.3 is 0 Å². The fraction of sp³-hybridized carbons (Fsp3) is 0.350. The van der Waals surface area contributed by atoms with Crippen molar-refractivity contribution in [1.29, 1.82) is 0 Å². The van der Waals surface area contributed by atoms with Crippen molar-refractivity contribution >= 4 is 5.96 Å². The molecule has 128 valence electrons. The molecule has 0 heterocycles. The van der Waals surface area contributed by atoms with Crippen LogP contribution in [0.2, 0.25) is 0 Å². The summed E-state index contributed by atoms with van der Waals surface area (Å²) < 4.78 is 0. The highest BCUT2D eigenvalue weighted by Crippen LogP contribution is 2.17. The number of nitrogens with one attached hydrogen (secondary N) is 2. The van der Waals surface area contributed by atoms with E-state index in [2.05, 4.69) is 77.9 Å². The molecule has 0 aliphatic rings.